The maximum absolute atomic E-state index is 11.2. The molecule has 110 valence electrons. The standard InChI is InChI=1S/C16H19N3O2/c1-4-9-17-15-8-7-14(19(20)21)16(18-15)13-6-5-11(2)12(3)10-13/h5-8,10H,4,9H2,1-3H3,(H,17,18). The molecule has 0 amide bonds. The van der Waals surface area contributed by atoms with Gasteiger partial charge in [0, 0.05) is 18.2 Å². The molecule has 0 aliphatic rings. The summed E-state index contributed by atoms with van der Waals surface area (Å²) in [5.41, 5.74) is 3.45. The number of nitrogens with one attached hydrogen (secondary N) is 1. The second kappa shape index (κ2) is 6.35. The number of aryl methyl sites for hydroxylation is 2. The van der Waals surface area contributed by atoms with Crippen LogP contribution in [0.25, 0.3) is 11.3 Å². The summed E-state index contributed by atoms with van der Waals surface area (Å²) in [6.07, 6.45) is 0.970. The summed E-state index contributed by atoms with van der Waals surface area (Å²) in [4.78, 5) is 15.2. The fourth-order valence-electron chi connectivity index (χ4n) is 2.05. The highest BCUT2D eigenvalue weighted by Gasteiger charge is 2.18. The van der Waals surface area contributed by atoms with Crippen LogP contribution in [0, 0.1) is 24.0 Å². The minimum absolute atomic E-state index is 0.0281. The minimum atomic E-state index is -0.388. The molecule has 5 heteroatoms. The van der Waals surface area contributed by atoms with Gasteiger partial charge in [-0.05, 0) is 43.5 Å². The van der Waals surface area contributed by atoms with Gasteiger partial charge in [-0.1, -0.05) is 19.1 Å². The van der Waals surface area contributed by atoms with Crippen molar-refractivity contribution < 1.29 is 4.92 Å². The molecule has 2 aromatic rings. The van der Waals surface area contributed by atoms with Crippen molar-refractivity contribution >= 4 is 11.5 Å². The van der Waals surface area contributed by atoms with Crippen molar-refractivity contribution in [2.75, 3.05) is 11.9 Å². The number of benzene rings is 1. The zero-order valence-electron chi connectivity index (χ0n) is 12.5. The van der Waals surface area contributed by atoms with Crippen LogP contribution in [-0.2, 0) is 0 Å². The van der Waals surface area contributed by atoms with E-state index in [4.69, 9.17) is 0 Å². The average Bonchev–Trinajstić information content (AvgIpc) is 2.47. The second-order valence-corrected chi connectivity index (χ2v) is 5.05. The third-order valence-electron chi connectivity index (χ3n) is 3.41. The number of nitrogens with zero attached hydrogens (tertiary/aromatic N) is 2. The Bertz CT molecular complexity index is 669. The largest absolute Gasteiger partial charge is 0.370 e. The first-order chi connectivity index (χ1) is 10.0. The Balaban J connectivity index is 2.51. The first kappa shape index (κ1) is 15.0. The first-order valence-corrected chi connectivity index (χ1v) is 7.00. The number of nitro groups is 1. The molecule has 0 bridgehead atoms. The summed E-state index contributed by atoms with van der Waals surface area (Å²) in [5.74, 6) is 0.663. The normalized spacial score (nSPS) is 10.4. The molecular formula is C16H19N3O2. The van der Waals surface area contributed by atoms with Crippen LogP contribution in [0.1, 0.15) is 24.5 Å². The number of pyridine rings is 1. The minimum Gasteiger partial charge on any atom is -0.370 e. The van der Waals surface area contributed by atoms with Crippen LogP contribution >= 0.6 is 0 Å². The van der Waals surface area contributed by atoms with E-state index in [1.54, 1.807) is 6.07 Å². The zero-order valence-corrected chi connectivity index (χ0v) is 12.5. The Hall–Kier alpha value is -2.43. The smallest absolute Gasteiger partial charge is 0.295 e. The molecule has 1 heterocycles. The summed E-state index contributed by atoms with van der Waals surface area (Å²) in [7, 11) is 0. The molecule has 5 nitrogen and oxygen atoms in total. The Morgan fingerprint density at radius 1 is 1.19 bits per heavy atom. The van der Waals surface area contributed by atoms with Crippen LogP contribution in [0.15, 0.2) is 30.3 Å². The van der Waals surface area contributed by atoms with Gasteiger partial charge in [-0.3, -0.25) is 10.1 Å². The van der Waals surface area contributed by atoms with Crippen molar-refractivity contribution in [1.82, 2.24) is 4.98 Å². The summed E-state index contributed by atoms with van der Waals surface area (Å²) < 4.78 is 0. The second-order valence-electron chi connectivity index (χ2n) is 5.05. The quantitative estimate of drug-likeness (QED) is 0.663. The number of hydrogen-bond donors (Lipinski definition) is 1. The molecule has 0 fully saturated rings. The Kier molecular flexibility index (Phi) is 4.52. The van der Waals surface area contributed by atoms with E-state index in [0.717, 1.165) is 29.7 Å². The monoisotopic (exact) mass is 285 g/mol. The predicted molar refractivity (Wildman–Crippen MR) is 84.6 cm³/mol. The van der Waals surface area contributed by atoms with Crippen LogP contribution in [0.2, 0.25) is 0 Å². The van der Waals surface area contributed by atoms with Crippen molar-refractivity contribution in [2.24, 2.45) is 0 Å². The third kappa shape index (κ3) is 3.37. The predicted octanol–water partition coefficient (Wildman–Crippen LogP) is 4.10. The molecule has 0 aliphatic heterocycles. The highest BCUT2D eigenvalue weighted by Crippen LogP contribution is 2.30. The maximum atomic E-state index is 11.2. The fourth-order valence-corrected chi connectivity index (χ4v) is 2.05. The van der Waals surface area contributed by atoms with Crippen LogP contribution < -0.4 is 5.32 Å². The Morgan fingerprint density at radius 2 is 1.95 bits per heavy atom. The highest BCUT2D eigenvalue weighted by molar-refractivity contribution is 5.72. The molecule has 2 rings (SSSR count). The topological polar surface area (TPSA) is 68.1 Å². The third-order valence-corrected chi connectivity index (χ3v) is 3.41. The molecule has 0 unspecified atom stereocenters. The van der Waals surface area contributed by atoms with E-state index in [1.165, 1.54) is 6.07 Å². The lowest BCUT2D eigenvalue weighted by Crippen LogP contribution is -2.04. The van der Waals surface area contributed by atoms with Gasteiger partial charge >= 0.3 is 0 Å². The maximum Gasteiger partial charge on any atom is 0.295 e. The molecule has 1 aromatic carbocycles. The lowest BCUT2D eigenvalue weighted by Gasteiger charge is -2.09. The average molecular weight is 285 g/mol. The molecule has 0 radical (unpaired) electrons. The lowest BCUT2D eigenvalue weighted by molar-refractivity contribution is -0.384. The molecule has 1 N–H and O–H groups in total. The van der Waals surface area contributed by atoms with Crippen LogP contribution in [0.3, 0.4) is 0 Å². The van der Waals surface area contributed by atoms with Crippen LogP contribution in [0.4, 0.5) is 11.5 Å². The molecule has 0 spiro atoms. The van der Waals surface area contributed by atoms with Gasteiger partial charge in [0.2, 0.25) is 0 Å². The summed E-state index contributed by atoms with van der Waals surface area (Å²) in [5, 5.41) is 14.4. The van der Waals surface area contributed by atoms with Crippen LogP contribution in [0.5, 0.6) is 0 Å². The van der Waals surface area contributed by atoms with Gasteiger partial charge < -0.3 is 5.32 Å². The highest BCUT2D eigenvalue weighted by atomic mass is 16.6. The summed E-state index contributed by atoms with van der Waals surface area (Å²) in [6, 6.07) is 8.94. The number of aromatic nitrogens is 1. The van der Waals surface area contributed by atoms with Crippen molar-refractivity contribution in [3.63, 3.8) is 0 Å². The fraction of sp³-hybridized carbons (Fsp3) is 0.312. The van der Waals surface area contributed by atoms with E-state index < -0.39 is 0 Å². The van der Waals surface area contributed by atoms with E-state index in [9.17, 15) is 10.1 Å². The molecule has 0 aliphatic carbocycles. The van der Waals surface area contributed by atoms with E-state index in [2.05, 4.69) is 17.2 Å². The van der Waals surface area contributed by atoms with Gasteiger partial charge in [0.15, 0.2) is 5.69 Å². The van der Waals surface area contributed by atoms with Crippen molar-refractivity contribution in [1.29, 1.82) is 0 Å². The number of anilines is 1. The van der Waals surface area contributed by atoms with Gasteiger partial charge in [0.1, 0.15) is 5.82 Å². The van der Waals surface area contributed by atoms with Gasteiger partial charge in [-0.2, -0.15) is 0 Å². The number of rotatable bonds is 5. The van der Waals surface area contributed by atoms with Crippen molar-refractivity contribution in [2.45, 2.75) is 27.2 Å². The molecule has 0 saturated carbocycles. The van der Waals surface area contributed by atoms with Gasteiger partial charge in [0.25, 0.3) is 5.69 Å². The number of hydrogen-bond acceptors (Lipinski definition) is 4. The van der Waals surface area contributed by atoms with Gasteiger partial charge in [-0.15, -0.1) is 0 Å². The van der Waals surface area contributed by atoms with Crippen molar-refractivity contribution in [3.8, 4) is 11.3 Å². The zero-order chi connectivity index (χ0) is 15.4. The SMILES string of the molecule is CCCNc1ccc([N+](=O)[O-])c(-c2ccc(C)c(C)c2)n1. The molecule has 1 aromatic heterocycles. The Labute approximate surface area is 124 Å². The van der Waals surface area contributed by atoms with Crippen molar-refractivity contribution in [3.05, 3.63) is 51.6 Å². The summed E-state index contributed by atoms with van der Waals surface area (Å²) in [6.45, 7) is 6.85. The van der Waals surface area contributed by atoms with Gasteiger partial charge in [0.05, 0.1) is 4.92 Å². The van der Waals surface area contributed by atoms with E-state index in [0.29, 0.717) is 11.5 Å². The molecular weight excluding hydrogens is 266 g/mol. The molecule has 0 saturated heterocycles. The first-order valence-electron chi connectivity index (χ1n) is 7.00. The summed E-state index contributed by atoms with van der Waals surface area (Å²) >= 11 is 0. The Morgan fingerprint density at radius 3 is 2.57 bits per heavy atom. The van der Waals surface area contributed by atoms with E-state index in [-0.39, 0.29) is 10.6 Å². The van der Waals surface area contributed by atoms with Crippen LogP contribution in [-0.4, -0.2) is 16.5 Å². The van der Waals surface area contributed by atoms with E-state index in [1.807, 2.05) is 32.0 Å². The molecule has 0 atom stereocenters. The lowest BCUT2D eigenvalue weighted by atomic mass is 10.0. The molecule has 21 heavy (non-hydrogen) atoms. The van der Waals surface area contributed by atoms with E-state index >= 15 is 0 Å². The van der Waals surface area contributed by atoms with Gasteiger partial charge in [-0.25, -0.2) is 4.98 Å².